The fourth-order valence-corrected chi connectivity index (χ4v) is 8.82. The molecule has 1 unspecified atom stereocenters. The predicted octanol–water partition coefficient (Wildman–Crippen LogP) is 6.69. The van der Waals surface area contributed by atoms with Gasteiger partial charge in [0.2, 0.25) is 0 Å². The molecule has 2 fully saturated rings. The summed E-state index contributed by atoms with van der Waals surface area (Å²) >= 11 is 0. The first kappa shape index (κ1) is 25.9. The summed E-state index contributed by atoms with van der Waals surface area (Å²) in [5.41, 5.74) is 7.66. The summed E-state index contributed by atoms with van der Waals surface area (Å²) in [4.78, 5) is 7.87. The Morgan fingerprint density at radius 2 is 1.73 bits per heavy atom. The number of rotatable bonds is 5. The second-order valence-corrected chi connectivity index (χ2v) is 15.1. The Kier molecular flexibility index (Phi) is 6.17. The van der Waals surface area contributed by atoms with Gasteiger partial charge in [0.1, 0.15) is 5.69 Å². The number of benzene rings is 2. The van der Waals surface area contributed by atoms with Gasteiger partial charge in [-0.2, -0.15) is 5.10 Å². The van der Waals surface area contributed by atoms with E-state index >= 15 is 0 Å². The van der Waals surface area contributed by atoms with Gasteiger partial charge in [-0.05, 0) is 98.7 Å². The van der Waals surface area contributed by atoms with Crippen molar-refractivity contribution in [2.75, 3.05) is 6.54 Å². The highest BCUT2D eigenvalue weighted by atomic mass is 32.2. The molecule has 0 amide bonds. The van der Waals surface area contributed by atoms with Gasteiger partial charge in [0.15, 0.2) is 15.5 Å². The summed E-state index contributed by atoms with van der Waals surface area (Å²) in [5.74, 6) is 0. The smallest absolute Gasteiger partial charge is 0.181 e. The summed E-state index contributed by atoms with van der Waals surface area (Å²) < 4.78 is 25.3. The monoisotopic (exact) mass is 554 g/mol. The molecule has 3 aliphatic rings. The Bertz CT molecular complexity index is 1690. The van der Waals surface area contributed by atoms with Gasteiger partial charge in [-0.1, -0.05) is 44.2 Å². The first-order valence-corrected chi connectivity index (χ1v) is 16.3. The van der Waals surface area contributed by atoms with Crippen LogP contribution in [-0.4, -0.2) is 52.4 Å². The number of nitrogens with zero attached hydrogens (tertiary/aromatic N) is 3. The third-order valence-corrected chi connectivity index (χ3v) is 11.9. The van der Waals surface area contributed by atoms with Gasteiger partial charge in [0.05, 0.1) is 10.1 Å². The summed E-state index contributed by atoms with van der Waals surface area (Å²) in [6, 6.07) is 17.6. The normalized spacial score (nSPS) is 23.3. The van der Waals surface area contributed by atoms with Crippen LogP contribution in [-0.2, 0) is 21.7 Å². The third-order valence-electron chi connectivity index (χ3n) is 9.57. The molecule has 1 N–H and O–H groups in total. The van der Waals surface area contributed by atoms with Crippen LogP contribution in [0, 0.1) is 0 Å². The minimum Gasteiger partial charge on any atom is -0.298 e. The van der Waals surface area contributed by atoms with Crippen LogP contribution in [0.3, 0.4) is 0 Å². The molecule has 0 radical (unpaired) electrons. The van der Waals surface area contributed by atoms with Crippen LogP contribution in [0.4, 0.5) is 0 Å². The molecule has 0 bridgehead atoms. The Hall–Kier alpha value is -3.03. The summed E-state index contributed by atoms with van der Waals surface area (Å²) in [5, 5.41) is 8.34. The number of H-pyrrole nitrogens is 1. The Morgan fingerprint density at radius 1 is 0.950 bits per heavy atom. The van der Waals surface area contributed by atoms with Crippen LogP contribution < -0.4 is 0 Å². The van der Waals surface area contributed by atoms with E-state index in [0.717, 1.165) is 47.1 Å². The van der Waals surface area contributed by atoms with Crippen LogP contribution in [0.5, 0.6) is 0 Å². The number of aromatic amines is 1. The standard InChI is InChI=1S/C33H38N4O2S/c1-21-5-4-16-37(21)26-11-8-22-6-7-24(18-30(22)33(2,3)19-26)25-17-29-31(35-36-32(29)34-20-25)23-9-12-27(13-10-23)40(38,39)28-14-15-28/h6-7,9-10,12-13,17-18,20-21,26,28H,4-5,8,11,14-16,19H2,1-3H3,(H,34,35,36)/t21-,26?/m1/s1. The topological polar surface area (TPSA) is 79.0 Å². The van der Waals surface area contributed by atoms with Crippen molar-refractivity contribution in [1.29, 1.82) is 0 Å². The molecule has 4 aromatic rings. The highest BCUT2D eigenvalue weighted by Crippen LogP contribution is 2.41. The molecule has 3 heterocycles. The van der Waals surface area contributed by atoms with Gasteiger partial charge in [0, 0.05) is 34.8 Å². The quantitative estimate of drug-likeness (QED) is 0.278. The van der Waals surface area contributed by atoms with Crippen LogP contribution in [0.15, 0.2) is 59.6 Å². The van der Waals surface area contributed by atoms with Gasteiger partial charge < -0.3 is 0 Å². The molecule has 2 atom stereocenters. The summed E-state index contributed by atoms with van der Waals surface area (Å²) in [7, 11) is -3.21. The minimum atomic E-state index is -3.21. The van der Waals surface area contributed by atoms with E-state index in [-0.39, 0.29) is 10.7 Å². The number of nitrogens with one attached hydrogen (secondary N) is 1. The number of aryl methyl sites for hydroxylation is 1. The summed E-state index contributed by atoms with van der Waals surface area (Å²) in [6.07, 6.45) is 9.64. The van der Waals surface area contributed by atoms with E-state index in [1.807, 2.05) is 18.3 Å². The second-order valence-electron chi connectivity index (χ2n) is 12.8. The van der Waals surface area contributed by atoms with Gasteiger partial charge >= 0.3 is 0 Å². The third kappa shape index (κ3) is 4.47. The van der Waals surface area contributed by atoms with Crippen molar-refractivity contribution in [1.82, 2.24) is 20.1 Å². The lowest BCUT2D eigenvalue weighted by Crippen LogP contribution is -2.40. The first-order chi connectivity index (χ1) is 19.2. The van der Waals surface area contributed by atoms with Crippen LogP contribution in [0.1, 0.15) is 70.4 Å². The van der Waals surface area contributed by atoms with Crippen molar-refractivity contribution in [3.05, 3.63) is 65.9 Å². The number of hydrogen-bond donors (Lipinski definition) is 1. The lowest BCUT2D eigenvalue weighted by Gasteiger charge is -2.36. The minimum absolute atomic E-state index is 0.0930. The number of sulfone groups is 1. The molecule has 7 rings (SSSR count). The molecule has 7 heteroatoms. The number of pyridine rings is 1. The first-order valence-electron chi connectivity index (χ1n) is 14.8. The SMILES string of the molecule is C[C@@H]1CCCN1C1CCc2ccc(-c3cnc4[nH]nc(-c5ccc(S(=O)(=O)C6CC6)cc5)c4c3)cc2C(C)(C)C1. The maximum atomic E-state index is 12.6. The highest BCUT2D eigenvalue weighted by Gasteiger charge is 2.37. The van der Waals surface area contributed by atoms with Gasteiger partial charge in [-0.15, -0.1) is 0 Å². The lowest BCUT2D eigenvalue weighted by atomic mass is 9.77. The molecular weight excluding hydrogens is 516 g/mol. The zero-order valence-electron chi connectivity index (χ0n) is 23.7. The van der Waals surface area contributed by atoms with Crippen LogP contribution in [0.25, 0.3) is 33.4 Å². The number of fused-ring (bicyclic) bond motifs is 2. The molecule has 2 aromatic heterocycles. The zero-order valence-corrected chi connectivity index (χ0v) is 24.5. The van der Waals surface area contributed by atoms with E-state index in [1.54, 1.807) is 12.1 Å². The molecule has 1 saturated heterocycles. The fraction of sp³-hybridized carbons (Fsp3) is 0.455. The van der Waals surface area contributed by atoms with Crippen LogP contribution >= 0.6 is 0 Å². The van der Waals surface area contributed by atoms with Crippen molar-refractivity contribution in [3.63, 3.8) is 0 Å². The maximum absolute atomic E-state index is 12.6. The average molecular weight is 555 g/mol. The van der Waals surface area contributed by atoms with E-state index in [9.17, 15) is 8.42 Å². The van der Waals surface area contributed by atoms with Crippen molar-refractivity contribution < 1.29 is 8.42 Å². The molecular formula is C33H38N4O2S. The van der Waals surface area contributed by atoms with E-state index in [0.29, 0.717) is 17.0 Å². The van der Waals surface area contributed by atoms with E-state index in [4.69, 9.17) is 4.98 Å². The van der Waals surface area contributed by atoms with Crippen molar-refractivity contribution in [3.8, 4) is 22.4 Å². The number of likely N-dealkylation sites (tertiary alicyclic amines) is 1. The lowest BCUT2D eigenvalue weighted by molar-refractivity contribution is 0.154. The summed E-state index contributed by atoms with van der Waals surface area (Å²) in [6.45, 7) is 8.46. The van der Waals surface area contributed by atoms with E-state index in [1.165, 1.54) is 48.9 Å². The molecule has 6 nitrogen and oxygen atoms in total. The Morgan fingerprint density at radius 3 is 2.45 bits per heavy atom. The average Bonchev–Trinajstić information content (AvgIpc) is 3.63. The fourth-order valence-electron chi connectivity index (χ4n) is 7.16. The molecule has 2 aromatic carbocycles. The van der Waals surface area contributed by atoms with Crippen molar-refractivity contribution in [2.45, 2.75) is 93.4 Å². The molecule has 40 heavy (non-hydrogen) atoms. The van der Waals surface area contributed by atoms with E-state index < -0.39 is 9.84 Å². The predicted molar refractivity (Wildman–Crippen MR) is 160 cm³/mol. The number of aromatic nitrogens is 3. The molecule has 1 saturated carbocycles. The van der Waals surface area contributed by atoms with Crippen molar-refractivity contribution in [2.24, 2.45) is 0 Å². The second kappa shape index (κ2) is 9.52. The maximum Gasteiger partial charge on any atom is 0.181 e. The molecule has 0 spiro atoms. The molecule has 1 aliphatic heterocycles. The number of hydrogen-bond acceptors (Lipinski definition) is 5. The largest absolute Gasteiger partial charge is 0.298 e. The zero-order chi connectivity index (χ0) is 27.6. The van der Waals surface area contributed by atoms with Crippen molar-refractivity contribution >= 4 is 20.9 Å². The van der Waals surface area contributed by atoms with Gasteiger partial charge in [0.25, 0.3) is 0 Å². The van der Waals surface area contributed by atoms with E-state index in [2.05, 4.69) is 60.1 Å². The van der Waals surface area contributed by atoms with Gasteiger partial charge in [-0.25, -0.2) is 13.4 Å². The van der Waals surface area contributed by atoms with Gasteiger partial charge in [-0.3, -0.25) is 10.00 Å². The Balaban J connectivity index is 1.21. The van der Waals surface area contributed by atoms with Crippen LogP contribution in [0.2, 0.25) is 0 Å². The highest BCUT2D eigenvalue weighted by molar-refractivity contribution is 7.92. The Labute approximate surface area is 237 Å². The molecule has 208 valence electrons. The molecule has 2 aliphatic carbocycles.